The monoisotopic (exact) mass is 546 g/mol. The number of amides is 1. The van der Waals surface area contributed by atoms with Crippen molar-refractivity contribution in [1.29, 1.82) is 0 Å². The number of ether oxygens (including phenoxy) is 3. The van der Waals surface area contributed by atoms with Crippen molar-refractivity contribution in [3.05, 3.63) is 138 Å². The Morgan fingerprint density at radius 2 is 1.22 bits per heavy atom. The summed E-state index contributed by atoms with van der Waals surface area (Å²) in [4.78, 5) is 37.2. The molecule has 4 aromatic carbocycles. The Hall–Kier alpha value is -5.76. The molecule has 204 valence electrons. The van der Waals surface area contributed by atoms with Crippen LogP contribution in [0.1, 0.15) is 27.0 Å². The molecule has 4 rings (SSSR count). The Morgan fingerprint density at radius 1 is 0.659 bits per heavy atom. The molecule has 0 spiro atoms. The summed E-state index contributed by atoms with van der Waals surface area (Å²) in [6.45, 7) is 0. The van der Waals surface area contributed by atoms with Crippen molar-refractivity contribution in [3.63, 3.8) is 0 Å². The minimum Gasteiger partial charge on any atom is -0.497 e. The van der Waals surface area contributed by atoms with Crippen molar-refractivity contribution in [2.75, 3.05) is 7.11 Å². The van der Waals surface area contributed by atoms with Crippen molar-refractivity contribution in [1.82, 2.24) is 5.43 Å². The van der Waals surface area contributed by atoms with Gasteiger partial charge in [0.1, 0.15) is 17.2 Å². The molecule has 1 N–H and O–H groups in total. The topological polar surface area (TPSA) is 103 Å². The molecule has 8 heteroatoms. The maximum atomic E-state index is 12.6. The van der Waals surface area contributed by atoms with Gasteiger partial charge in [0, 0.05) is 28.8 Å². The first-order valence-electron chi connectivity index (χ1n) is 12.5. The highest BCUT2D eigenvalue weighted by molar-refractivity contribution is 5.96. The average molecular weight is 547 g/mol. The second kappa shape index (κ2) is 14.4. The zero-order chi connectivity index (χ0) is 28.9. The number of nitrogens with zero attached hydrogens (tertiary/aromatic N) is 1. The summed E-state index contributed by atoms with van der Waals surface area (Å²) < 4.78 is 16.0. The molecule has 41 heavy (non-hydrogen) atoms. The predicted molar refractivity (Wildman–Crippen MR) is 157 cm³/mol. The number of hydrazone groups is 1. The Bertz CT molecular complexity index is 1590. The fourth-order valence-corrected chi connectivity index (χ4v) is 3.53. The van der Waals surface area contributed by atoms with Crippen molar-refractivity contribution in [2.45, 2.75) is 0 Å². The van der Waals surface area contributed by atoms with Crippen molar-refractivity contribution >= 4 is 36.2 Å². The molecule has 0 aliphatic carbocycles. The van der Waals surface area contributed by atoms with Crippen LogP contribution in [0.3, 0.4) is 0 Å². The zero-order valence-corrected chi connectivity index (χ0v) is 22.1. The summed E-state index contributed by atoms with van der Waals surface area (Å²) >= 11 is 0. The second-order valence-electron chi connectivity index (χ2n) is 8.42. The van der Waals surface area contributed by atoms with Crippen LogP contribution in [0.4, 0.5) is 0 Å². The van der Waals surface area contributed by atoms with Crippen LogP contribution in [0.5, 0.6) is 17.2 Å². The van der Waals surface area contributed by atoms with Gasteiger partial charge in [-0.25, -0.2) is 15.0 Å². The van der Waals surface area contributed by atoms with E-state index in [9.17, 15) is 14.4 Å². The molecule has 0 radical (unpaired) electrons. The third-order valence-corrected chi connectivity index (χ3v) is 5.59. The maximum absolute atomic E-state index is 12.6. The molecular weight excluding hydrogens is 520 g/mol. The minimum absolute atomic E-state index is 0.246. The molecule has 0 saturated heterocycles. The number of rotatable bonds is 10. The van der Waals surface area contributed by atoms with E-state index in [1.807, 2.05) is 30.3 Å². The number of carbonyl (C=O) groups is 3. The number of carbonyl (C=O) groups excluding carboxylic acids is 3. The summed E-state index contributed by atoms with van der Waals surface area (Å²) in [6, 6.07) is 29.5. The average Bonchev–Trinajstić information content (AvgIpc) is 3.01. The van der Waals surface area contributed by atoms with Crippen molar-refractivity contribution in [3.8, 4) is 17.2 Å². The van der Waals surface area contributed by atoms with Gasteiger partial charge in [0.25, 0.3) is 5.91 Å². The van der Waals surface area contributed by atoms with Gasteiger partial charge >= 0.3 is 11.9 Å². The first-order chi connectivity index (χ1) is 20.0. The van der Waals surface area contributed by atoms with E-state index >= 15 is 0 Å². The van der Waals surface area contributed by atoms with Gasteiger partial charge in [-0.1, -0.05) is 60.7 Å². The van der Waals surface area contributed by atoms with E-state index in [1.54, 1.807) is 86.0 Å². The highest BCUT2D eigenvalue weighted by Gasteiger charge is 2.09. The molecule has 0 heterocycles. The SMILES string of the molecule is COc1ccc(C(=O)N/N=C/c2ccccc2OC(=O)/C=C/c2ccccc2OC(=O)/C=C/c2ccccc2)cc1. The van der Waals surface area contributed by atoms with Gasteiger partial charge in [-0.2, -0.15) is 5.10 Å². The van der Waals surface area contributed by atoms with Gasteiger partial charge < -0.3 is 14.2 Å². The van der Waals surface area contributed by atoms with Gasteiger partial charge in [-0.3, -0.25) is 4.79 Å². The van der Waals surface area contributed by atoms with Crippen LogP contribution < -0.4 is 19.6 Å². The highest BCUT2D eigenvalue weighted by Crippen LogP contribution is 2.21. The standard InChI is InChI=1S/C33H26N2O6/c1-39-28-19-16-26(17-20-28)33(38)35-34-23-27-12-6-8-14-30(27)41-32(37)22-18-25-11-5-7-13-29(25)40-31(36)21-15-24-9-3-2-4-10-24/h2-23H,1H3,(H,35,38)/b21-15+,22-18+,34-23+. The lowest BCUT2D eigenvalue weighted by molar-refractivity contribution is -0.129. The Labute approximate surface area is 237 Å². The van der Waals surface area contributed by atoms with E-state index in [0.29, 0.717) is 28.2 Å². The lowest BCUT2D eigenvalue weighted by Crippen LogP contribution is -2.17. The van der Waals surface area contributed by atoms with Crippen LogP contribution >= 0.6 is 0 Å². The van der Waals surface area contributed by atoms with Gasteiger partial charge in [0.05, 0.1) is 13.3 Å². The Balaban J connectivity index is 1.37. The van der Waals surface area contributed by atoms with E-state index in [2.05, 4.69) is 10.5 Å². The van der Waals surface area contributed by atoms with Crippen LogP contribution in [0.25, 0.3) is 12.2 Å². The largest absolute Gasteiger partial charge is 0.497 e. The fraction of sp³-hybridized carbons (Fsp3) is 0.0303. The maximum Gasteiger partial charge on any atom is 0.336 e. The van der Waals surface area contributed by atoms with Gasteiger partial charge in [-0.05, 0) is 60.2 Å². The van der Waals surface area contributed by atoms with E-state index in [4.69, 9.17) is 14.2 Å². The number of hydrogen-bond acceptors (Lipinski definition) is 7. The molecule has 8 nitrogen and oxygen atoms in total. The predicted octanol–water partition coefficient (Wildman–Crippen LogP) is 5.70. The number of esters is 2. The normalized spacial score (nSPS) is 11.0. The van der Waals surface area contributed by atoms with Crippen LogP contribution in [-0.4, -0.2) is 31.2 Å². The molecule has 1 amide bonds. The first-order valence-corrected chi connectivity index (χ1v) is 12.5. The summed E-state index contributed by atoms with van der Waals surface area (Å²) in [5, 5.41) is 3.98. The van der Waals surface area contributed by atoms with Gasteiger partial charge in [0.15, 0.2) is 0 Å². The van der Waals surface area contributed by atoms with Gasteiger partial charge in [0.2, 0.25) is 0 Å². The quantitative estimate of drug-likeness (QED) is 0.0900. The van der Waals surface area contributed by atoms with Crippen LogP contribution in [0.15, 0.2) is 120 Å². The van der Waals surface area contributed by atoms with Gasteiger partial charge in [-0.15, -0.1) is 0 Å². The summed E-state index contributed by atoms with van der Waals surface area (Å²) in [5.74, 6) is -0.441. The third kappa shape index (κ3) is 8.62. The number of hydrogen-bond donors (Lipinski definition) is 1. The Kier molecular flexibility index (Phi) is 9.93. The fourth-order valence-electron chi connectivity index (χ4n) is 3.53. The number of para-hydroxylation sites is 2. The molecule has 0 fully saturated rings. The molecule has 0 aromatic heterocycles. The Morgan fingerprint density at radius 3 is 1.88 bits per heavy atom. The number of methoxy groups -OCH3 is 1. The molecule has 0 aliphatic rings. The molecule has 4 aromatic rings. The van der Waals surface area contributed by atoms with E-state index in [1.165, 1.54) is 24.4 Å². The smallest absolute Gasteiger partial charge is 0.336 e. The lowest BCUT2D eigenvalue weighted by atomic mass is 10.2. The molecule has 0 saturated carbocycles. The molecule has 0 unspecified atom stereocenters. The molecule has 0 atom stereocenters. The summed E-state index contributed by atoms with van der Waals surface area (Å²) in [7, 11) is 1.54. The third-order valence-electron chi connectivity index (χ3n) is 5.59. The van der Waals surface area contributed by atoms with Crippen molar-refractivity contribution < 1.29 is 28.6 Å². The van der Waals surface area contributed by atoms with E-state index < -0.39 is 17.8 Å². The first kappa shape index (κ1) is 28.3. The second-order valence-corrected chi connectivity index (χ2v) is 8.42. The molecular formula is C33H26N2O6. The summed E-state index contributed by atoms with van der Waals surface area (Å²) in [5.41, 5.74) is 4.71. The van der Waals surface area contributed by atoms with E-state index in [0.717, 1.165) is 5.56 Å². The zero-order valence-electron chi connectivity index (χ0n) is 22.1. The van der Waals surface area contributed by atoms with Crippen LogP contribution in [-0.2, 0) is 9.59 Å². The van der Waals surface area contributed by atoms with Crippen molar-refractivity contribution in [2.24, 2.45) is 5.10 Å². The molecule has 0 bridgehead atoms. The minimum atomic E-state index is -0.654. The molecule has 0 aliphatic heterocycles. The lowest BCUT2D eigenvalue weighted by Gasteiger charge is -2.07. The van der Waals surface area contributed by atoms with Crippen LogP contribution in [0.2, 0.25) is 0 Å². The number of benzene rings is 4. The highest BCUT2D eigenvalue weighted by atomic mass is 16.5. The van der Waals surface area contributed by atoms with Crippen LogP contribution in [0, 0.1) is 0 Å². The summed E-state index contributed by atoms with van der Waals surface area (Å²) in [6.07, 6.45) is 7.10. The number of nitrogens with one attached hydrogen (secondary N) is 1. The van der Waals surface area contributed by atoms with E-state index in [-0.39, 0.29) is 5.75 Å².